The Kier molecular flexibility index (Phi) is 7.23. The number of hydrogen-bond acceptors (Lipinski definition) is 2. The zero-order valence-electron chi connectivity index (χ0n) is 16.4. The second-order valence-corrected chi connectivity index (χ2v) is 8.27. The zero-order valence-corrected chi connectivity index (χ0v) is 16.4. The molecule has 0 aliphatic heterocycles. The van der Waals surface area contributed by atoms with Gasteiger partial charge in [-0.15, -0.1) is 0 Å². The molecule has 0 aromatic heterocycles. The van der Waals surface area contributed by atoms with E-state index in [1.807, 2.05) is 0 Å². The van der Waals surface area contributed by atoms with Crippen LogP contribution in [-0.4, -0.2) is 17.7 Å². The van der Waals surface area contributed by atoms with Gasteiger partial charge in [0.15, 0.2) is 0 Å². The van der Waals surface area contributed by atoms with E-state index >= 15 is 0 Å². The van der Waals surface area contributed by atoms with Gasteiger partial charge >= 0.3 is 6.18 Å². The first-order valence-electron chi connectivity index (χ1n) is 9.29. The van der Waals surface area contributed by atoms with Crippen molar-refractivity contribution in [1.82, 2.24) is 5.32 Å². The lowest BCUT2D eigenvalue weighted by molar-refractivity contribution is -0.137. The van der Waals surface area contributed by atoms with Gasteiger partial charge in [0.1, 0.15) is 5.82 Å². The van der Waals surface area contributed by atoms with Crippen molar-refractivity contribution in [1.29, 1.82) is 0 Å². The predicted molar refractivity (Wildman–Crippen MR) is 102 cm³/mol. The van der Waals surface area contributed by atoms with Crippen molar-refractivity contribution < 1.29 is 22.7 Å². The minimum Gasteiger partial charge on any atom is -0.387 e. The molecular formula is C22H27F4NO. The molecule has 0 heterocycles. The molecule has 2 nitrogen and oxygen atoms in total. The highest BCUT2D eigenvalue weighted by Gasteiger charge is 2.30. The van der Waals surface area contributed by atoms with Crippen LogP contribution in [0.5, 0.6) is 0 Å². The number of rotatable bonds is 7. The summed E-state index contributed by atoms with van der Waals surface area (Å²) in [4.78, 5) is 0. The van der Waals surface area contributed by atoms with Gasteiger partial charge in [0.05, 0.1) is 11.7 Å². The second kappa shape index (κ2) is 9.05. The van der Waals surface area contributed by atoms with Crippen LogP contribution < -0.4 is 5.32 Å². The average Bonchev–Trinajstić information content (AvgIpc) is 2.59. The van der Waals surface area contributed by atoms with E-state index in [2.05, 4.69) is 26.1 Å². The molecule has 6 heteroatoms. The summed E-state index contributed by atoms with van der Waals surface area (Å²) >= 11 is 0. The molecule has 2 aromatic carbocycles. The molecule has 0 radical (unpaired) electrons. The van der Waals surface area contributed by atoms with Crippen molar-refractivity contribution in [2.24, 2.45) is 5.41 Å². The van der Waals surface area contributed by atoms with E-state index < -0.39 is 29.7 Å². The van der Waals surface area contributed by atoms with Gasteiger partial charge in [0.2, 0.25) is 0 Å². The summed E-state index contributed by atoms with van der Waals surface area (Å²) < 4.78 is 51.5. The Hall–Kier alpha value is -1.92. The van der Waals surface area contributed by atoms with Crippen LogP contribution >= 0.6 is 0 Å². The smallest absolute Gasteiger partial charge is 0.387 e. The van der Waals surface area contributed by atoms with Crippen LogP contribution in [0, 0.1) is 11.2 Å². The molecule has 0 aliphatic rings. The van der Waals surface area contributed by atoms with E-state index in [4.69, 9.17) is 0 Å². The third-order valence-corrected chi connectivity index (χ3v) is 4.61. The monoisotopic (exact) mass is 397 g/mol. The third-order valence-electron chi connectivity index (χ3n) is 4.61. The fraction of sp³-hybridized carbons (Fsp3) is 0.455. The SMILES string of the molecule is CC(C)(C)CCNC(Cc1ccc(C(F)(F)F)cc1)C(O)c1ccc(F)cc1. The largest absolute Gasteiger partial charge is 0.416 e. The second-order valence-electron chi connectivity index (χ2n) is 8.27. The Morgan fingerprint density at radius 2 is 1.50 bits per heavy atom. The molecule has 0 aliphatic carbocycles. The van der Waals surface area contributed by atoms with Crippen molar-refractivity contribution in [2.45, 2.75) is 51.9 Å². The lowest BCUT2D eigenvalue weighted by Crippen LogP contribution is -2.38. The minimum atomic E-state index is -4.38. The molecule has 2 N–H and O–H groups in total. The van der Waals surface area contributed by atoms with Gasteiger partial charge in [0.25, 0.3) is 0 Å². The normalized spacial score (nSPS) is 14.7. The molecule has 0 saturated heterocycles. The average molecular weight is 397 g/mol. The summed E-state index contributed by atoms with van der Waals surface area (Å²) in [5.41, 5.74) is 0.642. The van der Waals surface area contributed by atoms with E-state index in [0.717, 1.165) is 18.6 Å². The first kappa shape index (κ1) is 22.4. The molecule has 2 atom stereocenters. The molecular weight excluding hydrogens is 370 g/mol. The van der Waals surface area contributed by atoms with Gasteiger partial charge in [0, 0.05) is 6.04 Å². The number of halogens is 4. The van der Waals surface area contributed by atoms with E-state index in [1.165, 1.54) is 36.4 Å². The number of aliphatic hydroxyl groups is 1. The van der Waals surface area contributed by atoms with Gasteiger partial charge < -0.3 is 10.4 Å². The molecule has 0 amide bonds. The number of benzene rings is 2. The molecule has 2 aromatic rings. The van der Waals surface area contributed by atoms with Crippen molar-refractivity contribution in [3.05, 3.63) is 71.0 Å². The first-order valence-corrected chi connectivity index (χ1v) is 9.29. The lowest BCUT2D eigenvalue weighted by Gasteiger charge is -2.27. The van der Waals surface area contributed by atoms with Crippen LogP contribution in [-0.2, 0) is 12.6 Å². The van der Waals surface area contributed by atoms with Gasteiger partial charge in [-0.25, -0.2) is 4.39 Å². The Labute approximate surface area is 163 Å². The Morgan fingerprint density at radius 3 is 2.00 bits per heavy atom. The maximum Gasteiger partial charge on any atom is 0.416 e. The standard InChI is InChI=1S/C22H27F4NO/c1-21(2,3)12-13-27-19(20(28)16-6-10-18(23)11-7-16)14-15-4-8-17(9-5-15)22(24,25)26/h4-11,19-20,27-28H,12-14H2,1-3H3. The van der Waals surface area contributed by atoms with Crippen LogP contribution in [0.3, 0.4) is 0 Å². The molecule has 2 unspecified atom stereocenters. The Balaban J connectivity index is 2.16. The molecule has 0 saturated carbocycles. The van der Waals surface area contributed by atoms with Crippen molar-refractivity contribution in [3.63, 3.8) is 0 Å². The lowest BCUT2D eigenvalue weighted by atomic mass is 9.91. The molecule has 154 valence electrons. The van der Waals surface area contributed by atoms with Crippen LogP contribution in [0.2, 0.25) is 0 Å². The predicted octanol–water partition coefficient (Wildman–Crippen LogP) is 5.52. The summed E-state index contributed by atoms with van der Waals surface area (Å²) in [6, 6.07) is 10.1. The number of nitrogens with one attached hydrogen (secondary N) is 1. The molecule has 0 fully saturated rings. The summed E-state index contributed by atoms with van der Waals surface area (Å²) in [6.45, 7) is 6.97. The fourth-order valence-electron chi connectivity index (χ4n) is 2.90. The number of alkyl halides is 3. The number of hydrogen-bond donors (Lipinski definition) is 2. The molecule has 2 rings (SSSR count). The van der Waals surface area contributed by atoms with Crippen LogP contribution in [0.1, 0.15) is 50.0 Å². The minimum absolute atomic E-state index is 0.104. The molecule has 28 heavy (non-hydrogen) atoms. The highest BCUT2D eigenvalue weighted by Crippen LogP contribution is 2.30. The first-order chi connectivity index (χ1) is 13.0. The maximum atomic E-state index is 13.2. The molecule has 0 bridgehead atoms. The van der Waals surface area contributed by atoms with Gasteiger partial charge in [-0.05, 0) is 60.2 Å². The van der Waals surface area contributed by atoms with Gasteiger partial charge in [-0.3, -0.25) is 0 Å². The molecule has 0 spiro atoms. The maximum absolute atomic E-state index is 13.2. The zero-order chi connectivity index (χ0) is 20.9. The highest BCUT2D eigenvalue weighted by atomic mass is 19.4. The third kappa shape index (κ3) is 6.91. The summed E-state index contributed by atoms with van der Waals surface area (Å²) in [6.07, 6.45) is -4.08. The quantitative estimate of drug-likeness (QED) is 0.604. The topological polar surface area (TPSA) is 32.3 Å². The van der Waals surface area contributed by atoms with Crippen molar-refractivity contribution in [2.75, 3.05) is 6.54 Å². The Morgan fingerprint density at radius 1 is 0.929 bits per heavy atom. The van der Waals surface area contributed by atoms with E-state index in [-0.39, 0.29) is 5.41 Å². The van der Waals surface area contributed by atoms with E-state index in [0.29, 0.717) is 24.1 Å². The van der Waals surface area contributed by atoms with Crippen molar-refractivity contribution in [3.8, 4) is 0 Å². The van der Waals surface area contributed by atoms with Gasteiger partial charge in [-0.2, -0.15) is 13.2 Å². The van der Waals surface area contributed by atoms with E-state index in [1.54, 1.807) is 0 Å². The van der Waals surface area contributed by atoms with Crippen LogP contribution in [0.25, 0.3) is 0 Å². The van der Waals surface area contributed by atoms with Crippen LogP contribution in [0.4, 0.5) is 17.6 Å². The summed E-state index contributed by atoms with van der Waals surface area (Å²) in [5.74, 6) is -0.393. The summed E-state index contributed by atoms with van der Waals surface area (Å²) in [5, 5.41) is 14.1. The van der Waals surface area contributed by atoms with E-state index in [9.17, 15) is 22.7 Å². The van der Waals surface area contributed by atoms with Gasteiger partial charge in [-0.1, -0.05) is 45.0 Å². The summed E-state index contributed by atoms with van der Waals surface area (Å²) in [7, 11) is 0. The van der Waals surface area contributed by atoms with Crippen LogP contribution in [0.15, 0.2) is 48.5 Å². The number of aliphatic hydroxyl groups excluding tert-OH is 1. The highest BCUT2D eigenvalue weighted by molar-refractivity contribution is 5.26. The fourth-order valence-corrected chi connectivity index (χ4v) is 2.90. The van der Waals surface area contributed by atoms with Crippen molar-refractivity contribution >= 4 is 0 Å². The Bertz CT molecular complexity index is 733.